The van der Waals surface area contributed by atoms with Gasteiger partial charge in [0.15, 0.2) is 5.13 Å². The number of nitrogens with zero attached hydrogens (tertiary/aromatic N) is 3. The summed E-state index contributed by atoms with van der Waals surface area (Å²) in [7, 11) is 1.32. The second kappa shape index (κ2) is 7.91. The van der Waals surface area contributed by atoms with Crippen molar-refractivity contribution in [3.8, 4) is 0 Å². The van der Waals surface area contributed by atoms with Gasteiger partial charge < -0.3 is 9.15 Å². The number of aromatic nitrogens is 2. The molecule has 0 radical (unpaired) electrons. The molecule has 8 nitrogen and oxygen atoms in total. The number of fused-ring (bicyclic) bond motifs is 1. The molecule has 0 aromatic carbocycles. The Labute approximate surface area is 165 Å². The molecule has 0 fully saturated rings. The third kappa shape index (κ3) is 3.95. The number of hydrogen-bond donors (Lipinski definition) is 1. The van der Waals surface area contributed by atoms with E-state index in [0.717, 1.165) is 23.5 Å². The Kier molecular flexibility index (Phi) is 5.18. The third-order valence-corrected chi connectivity index (χ3v) is 5.35. The van der Waals surface area contributed by atoms with E-state index in [9.17, 15) is 9.59 Å². The number of anilines is 1. The quantitative estimate of drug-likeness (QED) is 0.660. The van der Waals surface area contributed by atoms with Gasteiger partial charge in [0.25, 0.3) is 5.91 Å². The molecule has 4 heterocycles. The largest absolute Gasteiger partial charge is 0.463 e. The second-order valence-corrected chi connectivity index (χ2v) is 7.36. The fourth-order valence-corrected chi connectivity index (χ4v) is 4.03. The smallest absolute Gasteiger partial charge is 0.373 e. The molecule has 3 aromatic rings. The average molecular weight is 398 g/mol. The van der Waals surface area contributed by atoms with Gasteiger partial charge in [0.1, 0.15) is 11.5 Å². The molecule has 0 unspecified atom stereocenters. The summed E-state index contributed by atoms with van der Waals surface area (Å²) in [4.78, 5) is 35.7. The highest BCUT2D eigenvalue weighted by molar-refractivity contribution is 7.15. The van der Waals surface area contributed by atoms with Crippen molar-refractivity contribution in [2.45, 2.75) is 19.5 Å². The van der Waals surface area contributed by atoms with Crippen LogP contribution in [0.5, 0.6) is 0 Å². The van der Waals surface area contributed by atoms with Crippen LogP contribution >= 0.6 is 11.3 Å². The zero-order valence-corrected chi connectivity index (χ0v) is 16.0. The van der Waals surface area contributed by atoms with E-state index in [1.165, 1.54) is 18.4 Å². The molecule has 0 bridgehead atoms. The molecule has 1 aliphatic heterocycles. The summed E-state index contributed by atoms with van der Waals surface area (Å²) in [6, 6.07) is 8.60. The van der Waals surface area contributed by atoms with Gasteiger partial charge in [-0.2, -0.15) is 0 Å². The molecule has 0 saturated carbocycles. The maximum atomic E-state index is 12.2. The molecule has 0 spiro atoms. The van der Waals surface area contributed by atoms with E-state index in [0.29, 0.717) is 29.7 Å². The molecule has 0 atom stereocenters. The first-order valence-corrected chi connectivity index (χ1v) is 9.54. The first-order valence-electron chi connectivity index (χ1n) is 8.72. The van der Waals surface area contributed by atoms with E-state index in [4.69, 9.17) is 4.42 Å². The number of ether oxygens (including phenoxy) is 1. The number of nitrogens with one attached hydrogen (secondary N) is 1. The number of hydrogen-bond acceptors (Lipinski definition) is 8. The van der Waals surface area contributed by atoms with Gasteiger partial charge in [-0.3, -0.25) is 20.0 Å². The summed E-state index contributed by atoms with van der Waals surface area (Å²) in [5, 5.41) is 3.40. The lowest BCUT2D eigenvalue weighted by atomic mass is 10.2. The molecule has 144 valence electrons. The van der Waals surface area contributed by atoms with E-state index < -0.39 is 5.97 Å². The Morgan fingerprint density at radius 1 is 1.32 bits per heavy atom. The number of thiazole rings is 1. The molecular weight excluding hydrogens is 380 g/mol. The van der Waals surface area contributed by atoms with Gasteiger partial charge in [0, 0.05) is 30.6 Å². The van der Waals surface area contributed by atoms with Crippen LogP contribution in [0.3, 0.4) is 0 Å². The number of amides is 1. The SMILES string of the molecule is COC(=O)c1ccc(CN2CCc3nc(NC(=O)c4ccccn4)sc3C2)o1. The van der Waals surface area contributed by atoms with Crippen LogP contribution in [0.1, 0.15) is 37.4 Å². The van der Waals surface area contributed by atoms with Gasteiger partial charge in [0.2, 0.25) is 5.76 Å². The fourth-order valence-electron chi connectivity index (χ4n) is 2.99. The molecule has 4 rings (SSSR count). The summed E-state index contributed by atoms with van der Waals surface area (Å²) in [6.07, 6.45) is 2.37. The van der Waals surface area contributed by atoms with E-state index in [-0.39, 0.29) is 11.7 Å². The number of pyridine rings is 1. The summed E-state index contributed by atoms with van der Waals surface area (Å²) >= 11 is 1.47. The van der Waals surface area contributed by atoms with Gasteiger partial charge in [-0.15, -0.1) is 11.3 Å². The van der Waals surface area contributed by atoms with Crippen molar-refractivity contribution in [2.24, 2.45) is 0 Å². The molecule has 1 aliphatic rings. The van der Waals surface area contributed by atoms with Crippen LogP contribution in [0, 0.1) is 0 Å². The molecule has 0 aliphatic carbocycles. The standard InChI is InChI=1S/C19H18N4O4S/c1-26-18(25)15-6-5-12(27-15)10-23-9-7-13-16(11-23)28-19(21-13)22-17(24)14-4-2-3-8-20-14/h2-6,8H,7,9-11H2,1H3,(H,21,22,24). The molecule has 3 aromatic heterocycles. The Morgan fingerprint density at radius 2 is 2.21 bits per heavy atom. The summed E-state index contributed by atoms with van der Waals surface area (Å²) in [5.41, 5.74) is 1.36. The van der Waals surface area contributed by atoms with Crippen molar-refractivity contribution in [1.29, 1.82) is 0 Å². The lowest BCUT2D eigenvalue weighted by Crippen LogP contribution is -2.29. The van der Waals surface area contributed by atoms with Crippen LogP contribution in [0.4, 0.5) is 5.13 Å². The van der Waals surface area contributed by atoms with E-state index in [1.807, 2.05) is 0 Å². The van der Waals surface area contributed by atoms with Gasteiger partial charge in [-0.1, -0.05) is 6.07 Å². The van der Waals surface area contributed by atoms with Gasteiger partial charge in [-0.05, 0) is 24.3 Å². The molecular formula is C19H18N4O4S. The highest BCUT2D eigenvalue weighted by Crippen LogP contribution is 2.29. The Morgan fingerprint density at radius 3 is 3.00 bits per heavy atom. The zero-order valence-electron chi connectivity index (χ0n) is 15.2. The first-order chi connectivity index (χ1) is 13.6. The molecule has 1 N–H and O–H groups in total. The maximum Gasteiger partial charge on any atom is 0.373 e. The Hall–Kier alpha value is -3.04. The van der Waals surface area contributed by atoms with Crippen molar-refractivity contribution >= 4 is 28.3 Å². The van der Waals surface area contributed by atoms with Gasteiger partial charge in [0.05, 0.1) is 19.3 Å². The van der Waals surface area contributed by atoms with Crippen LogP contribution in [0.15, 0.2) is 40.9 Å². The lowest BCUT2D eigenvalue weighted by Gasteiger charge is -2.24. The van der Waals surface area contributed by atoms with Crippen molar-refractivity contribution in [1.82, 2.24) is 14.9 Å². The monoisotopic (exact) mass is 398 g/mol. The highest BCUT2D eigenvalue weighted by atomic mass is 32.1. The molecule has 0 saturated heterocycles. The minimum atomic E-state index is -0.483. The average Bonchev–Trinajstić information content (AvgIpc) is 3.34. The minimum Gasteiger partial charge on any atom is -0.463 e. The topological polar surface area (TPSA) is 97.6 Å². The van der Waals surface area contributed by atoms with E-state index >= 15 is 0 Å². The number of furan rings is 1. The predicted octanol–water partition coefficient (Wildman–Crippen LogP) is 2.73. The van der Waals surface area contributed by atoms with Crippen LogP contribution in [0.25, 0.3) is 0 Å². The number of carbonyl (C=O) groups excluding carboxylic acids is 2. The maximum absolute atomic E-state index is 12.2. The third-order valence-electron chi connectivity index (χ3n) is 4.36. The molecule has 9 heteroatoms. The van der Waals surface area contributed by atoms with Crippen LogP contribution in [-0.4, -0.2) is 40.4 Å². The summed E-state index contributed by atoms with van der Waals surface area (Å²) in [5.74, 6) is 0.155. The molecule has 1 amide bonds. The predicted molar refractivity (Wildman–Crippen MR) is 102 cm³/mol. The van der Waals surface area contributed by atoms with Crippen molar-refractivity contribution in [3.05, 3.63) is 64.3 Å². The van der Waals surface area contributed by atoms with Gasteiger partial charge in [-0.25, -0.2) is 9.78 Å². The van der Waals surface area contributed by atoms with Crippen LogP contribution in [-0.2, 0) is 24.2 Å². The second-order valence-electron chi connectivity index (χ2n) is 6.28. The number of rotatable bonds is 5. The van der Waals surface area contributed by atoms with Crippen molar-refractivity contribution in [3.63, 3.8) is 0 Å². The first kappa shape index (κ1) is 18.3. The van der Waals surface area contributed by atoms with Crippen molar-refractivity contribution < 1.29 is 18.7 Å². The highest BCUT2D eigenvalue weighted by Gasteiger charge is 2.23. The summed E-state index contributed by atoms with van der Waals surface area (Å²) in [6.45, 7) is 2.11. The van der Waals surface area contributed by atoms with Crippen LogP contribution < -0.4 is 5.32 Å². The minimum absolute atomic E-state index is 0.201. The Balaban J connectivity index is 1.40. The van der Waals surface area contributed by atoms with Crippen LogP contribution in [0.2, 0.25) is 0 Å². The normalized spacial score (nSPS) is 13.8. The zero-order chi connectivity index (χ0) is 19.5. The number of esters is 1. The molecule has 28 heavy (non-hydrogen) atoms. The fraction of sp³-hybridized carbons (Fsp3) is 0.263. The van der Waals surface area contributed by atoms with Crippen molar-refractivity contribution in [2.75, 3.05) is 19.0 Å². The van der Waals surface area contributed by atoms with Gasteiger partial charge >= 0.3 is 5.97 Å². The number of methoxy groups -OCH3 is 1. The summed E-state index contributed by atoms with van der Waals surface area (Å²) < 4.78 is 10.2. The number of carbonyl (C=O) groups is 2. The Bertz CT molecular complexity index is 999. The van der Waals surface area contributed by atoms with E-state index in [1.54, 1.807) is 36.5 Å². The lowest BCUT2D eigenvalue weighted by molar-refractivity contribution is 0.0560. The van der Waals surface area contributed by atoms with E-state index in [2.05, 4.69) is 24.9 Å².